The molecule has 0 aromatic carbocycles. The van der Waals surface area contributed by atoms with Crippen molar-refractivity contribution in [3.8, 4) is 0 Å². The zero-order valence-corrected chi connectivity index (χ0v) is 25.0. The van der Waals surface area contributed by atoms with Gasteiger partial charge in [-0.15, -0.1) is 0 Å². The Labute approximate surface area is 244 Å². The minimum absolute atomic E-state index is 0.151. The topological polar surface area (TPSA) is 123 Å². The van der Waals surface area contributed by atoms with E-state index in [1.165, 1.54) is 7.11 Å². The second-order valence-corrected chi connectivity index (χ2v) is 11.6. The molecule has 2 aliphatic heterocycles. The molecule has 42 heavy (non-hydrogen) atoms. The van der Waals surface area contributed by atoms with E-state index >= 15 is 0 Å². The number of hydrogen-bond acceptors (Lipinski definition) is 5. The molecule has 1 saturated heterocycles. The molecule has 1 unspecified atom stereocenters. The molecule has 8 heteroatoms. The Morgan fingerprint density at radius 2 is 1.79 bits per heavy atom. The van der Waals surface area contributed by atoms with E-state index in [0.717, 1.165) is 74.0 Å². The van der Waals surface area contributed by atoms with Gasteiger partial charge in [-0.1, -0.05) is 39.8 Å². The predicted octanol–water partition coefficient (Wildman–Crippen LogP) is 2.57. The highest BCUT2D eigenvalue weighted by Crippen LogP contribution is 2.41. The van der Waals surface area contributed by atoms with E-state index < -0.39 is 11.9 Å². The number of aromatic amines is 3. The third-order valence-corrected chi connectivity index (χ3v) is 9.66. The summed E-state index contributed by atoms with van der Waals surface area (Å²) < 4.78 is 5.18. The summed E-state index contributed by atoms with van der Waals surface area (Å²) >= 11 is 0. The molecule has 0 saturated carbocycles. The fraction of sp³-hybridized carbons (Fsp3) is 0.353. The normalized spacial score (nSPS) is 25.8. The van der Waals surface area contributed by atoms with Gasteiger partial charge in [-0.25, -0.2) is 0 Å². The molecule has 5 heterocycles. The van der Waals surface area contributed by atoms with Gasteiger partial charge < -0.3 is 30.1 Å². The number of hydrogen-bond donors (Lipinski definition) is 5. The van der Waals surface area contributed by atoms with Crippen molar-refractivity contribution in [1.82, 2.24) is 20.3 Å². The molecule has 1 fully saturated rings. The molecular weight excluding hydrogens is 528 g/mol. The first-order chi connectivity index (χ1) is 20.2. The van der Waals surface area contributed by atoms with Crippen molar-refractivity contribution in [2.75, 3.05) is 7.11 Å². The summed E-state index contributed by atoms with van der Waals surface area (Å²) in [6.45, 7) is 14.5. The van der Waals surface area contributed by atoms with E-state index in [4.69, 9.17) is 4.74 Å². The van der Waals surface area contributed by atoms with Gasteiger partial charge in [0.1, 0.15) is 5.92 Å². The zero-order chi connectivity index (χ0) is 30.0. The van der Waals surface area contributed by atoms with Crippen molar-refractivity contribution >= 4 is 47.9 Å². The van der Waals surface area contributed by atoms with Crippen LogP contribution in [0.5, 0.6) is 0 Å². The number of fused-ring (bicyclic) bond motifs is 8. The lowest BCUT2D eigenvalue weighted by molar-refractivity contribution is -0.141. The Bertz CT molecular complexity index is 1950. The molecule has 6 rings (SSSR count). The smallest absolute Gasteiger partial charge is 0.320 e. The Morgan fingerprint density at radius 1 is 1.05 bits per heavy atom. The fourth-order valence-electron chi connectivity index (χ4n) is 7.39. The number of aliphatic hydroxyl groups is 1. The molecule has 8 nitrogen and oxygen atoms in total. The van der Waals surface area contributed by atoms with Crippen molar-refractivity contribution in [3.63, 3.8) is 0 Å². The van der Waals surface area contributed by atoms with E-state index in [1.54, 1.807) is 0 Å². The number of aliphatic hydroxyl groups excluding tert-OH is 1. The number of methoxy groups -OCH3 is 1. The summed E-state index contributed by atoms with van der Waals surface area (Å²) in [5.74, 6) is -1.46. The molecule has 3 aliphatic rings. The molecule has 218 valence electrons. The van der Waals surface area contributed by atoms with Gasteiger partial charge in [0.25, 0.3) is 0 Å². The van der Waals surface area contributed by atoms with E-state index in [2.05, 4.69) is 53.7 Å². The molecule has 4 atom stereocenters. The minimum atomic E-state index is -0.999. The molecule has 3 aromatic heterocycles. The van der Waals surface area contributed by atoms with Gasteiger partial charge in [0, 0.05) is 50.4 Å². The first-order valence-corrected chi connectivity index (χ1v) is 14.6. The van der Waals surface area contributed by atoms with Gasteiger partial charge in [-0.3, -0.25) is 9.59 Å². The summed E-state index contributed by atoms with van der Waals surface area (Å²) in [6.07, 6.45) is 10.7. The minimum Gasteiger partial charge on any atom is -0.515 e. The van der Waals surface area contributed by atoms with Gasteiger partial charge in [-0.05, 0) is 66.7 Å². The Balaban J connectivity index is 1.77. The molecule has 0 spiro atoms. The van der Waals surface area contributed by atoms with E-state index in [-0.39, 0.29) is 23.7 Å². The largest absolute Gasteiger partial charge is 0.515 e. The van der Waals surface area contributed by atoms with E-state index in [9.17, 15) is 14.7 Å². The Hall–Kier alpha value is -4.46. The van der Waals surface area contributed by atoms with Crippen LogP contribution in [0.3, 0.4) is 0 Å². The number of carbonyl (C=O) groups is 2. The van der Waals surface area contributed by atoms with Crippen molar-refractivity contribution in [2.45, 2.75) is 53.5 Å². The third kappa shape index (κ3) is 3.81. The van der Waals surface area contributed by atoms with Gasteiger partial charge >= 0.3 is 5.97 Å². The van der Waals surface area contributed by atoms with E-state index in [1.807, 2.05) is 32.1 Å². The molecular formula is C34H38N4O4. The van der Waals surface area contributed by atoms with Gasteiger partial charge in [0.2, 0.25) is 0 Å². The Morgan fingerprint density at radius 3 is 2.43 bits per heavy atom. The summed E-state index contributed by atoms with van der Waals surface area (Å²) in [7, 11) is 1.34. The Kier molecular flexibility index (Phi) is 6.67. The van der Waals surface area contributed by atoms with Crippen LogP contribution in [0.15, 0.2) is 12.3 Å². The first kappa shape index (κ1) is 27.7. The molecule has 8 bridgehead atoms. The molecule has 5 N–H and O–H groups in total. The van der Waals surface area contributed by atoms with Crippen molar-refractivity contribution < 1.29 is 19.4 Å². The average molecular weight is 567 g/mol. The van der Waals surface area contributed by atoms with Crippen LogP contribution in [-0.4, -0.2) is 45.0 Å². The number of carbonyl (C=O) groups excluding carboxylic acids is 2. The van der Waals surface area contributed by atoms with Crippen LogP contribution in [0.4, 0.5) is 0 Å². The van der Waals surface area contributed by atoms with Crippen LogP contribution in [0.2, 0.25) is 0 Å². The third-order valence-electron chi connectivity index (χ3n) is 9.66. The number of ether oxygens (including phenoxy) is 1. The van der Waals surface area contributed by atoms with Crippen molar-refractivity contribution in [3.05, 3.63) is 78.4 Å². The number of esters is 1. The lowest BCUT2D eigenvalue weighted by Crippen LogP contribution is -2.37. The number of Topliss-reactive ketones (excluding diaryl/α,β-unsaturated/α-hetero) is 1. The molecule has 1 aliphatic carbocycles. The van der Waals surface area contributed by atoms with Crippen LogP contribution in [0.1, 0.15) is 76.9 Å². The number of aromatic nitrogens is 3. The quantitative estimate of drug-likeness (QED) is 0.246. The molecule has 3 aromatic rings. The lowest BCUT2D eigenvalue weighted by atomic mass is 9.81. The standard InChI is InChI=1S/C34H38N4O4/c1-8-18-15(4)22-11-23-16(5)19(9-2)31(37-23)29-30(34(41)42-7)33(40)28-17(6)24(38-32(28)29)12-26-20(10-3)21(14-39)27(36-26)13-25(18)35-22/h8,11-14,16,19,30-31,35-39H,1,9-10H2,2-7H3/b21-14-,23-11+,24-12-,27-13-/t16-,19-,30+,31?/m0/s1. The SMILES string of the molecule is C=Cc1c2[nH]c(c1C)/C=C1/NC(C3=c4[nH]/c(c(C)c4C(=O)[C@@H]3C(=O)OC)=C\c3[nH]c(/c(=C\O)c3CC)=C\2)[C@@H](CC)[C@@H]1C. The molecule has 0 amide bonds. The first-order valence-electron chi connectivity index (χ1n) is 14.6. The number of ketones is 1. The maximum atomic E-state index is 14.0. The number of rotatable bonds is 4. The second-order valence-electron chi connectivity index (χ2n) is 11.6. The highest BCUT2D eigenvalue weighted by atomic mass is 16.5. The maximum Gasteiger partial charge on any atom is 0.320 e. The zero-order valence-electron chi connectivity index (χ0n) is 25.0. The van der Waals surface area contributed by atoms with Crippen molar-refractivity contribution in [1.29, 1.82) is 0 Å². The van der Waals surface area contributed by atoms with Crippen LogP contribution in [0, 0.1) is 31.6 Å². The fourth-order valence-corrected chi connectivity index (χ4v) is 7.39. The van der Waals surface area contributed by atoms with Crippen molar-refractivity contribution in [2.24, 2.45) is 17.8 Å². The lowest BCUT2D eigenvalue weighted by Gasteiger charge is -2.24. The number of nitrogens with one attached hydrogen (secondary N) is 4. The second kappa shape index (κ2) is 10.1. The van der Waals surface area contributed by atoms with E-state index in [0.29, 0.717) is 22.6 Å². The summed E-state index contributed by atoms with van der Waals surface area (Å²) in [5.41, 5.74) is 8.79. The van der Waals surface area contributed by atoms with Crippen LogP contribution in [-0.2, 0) is 16.0 Å². The molecule has 0 radical (unpaired) electrons. The predicted molar refractivity (Wildman–Crippen MR) is 165 cm³/mol. The summed E-state index contributed by atoms with van der Waals surface area (Å²) in [6, 6.07) is -0.233. The highest BCUT2D eigenvalue weighted by Gasteiger charge is 2.48. The maximum absolute atomic E-state index is 14.0. The average Bonchev–Trinajstić information content (AvgIpc) is 3.72. The van der Waals surface area contributed by atoms with Crippen LogP contribution >= 0.6 is 0 Å². The number of H-pyrrole nitrogens is 3. The summed E-state index contributed by atoms with van der Waals surface area (Å²) in [4.78, 5) is 37.7. The van der Waals surface area contributed by atoms with Crippen LogP contribution in [0.25, 0.3) is 36.1 Å². The number of allylic oxidation sites excluding steroid dienone is 1. The van der Waals surface area contributed by atoms with Gasteiger partial charge in [-0.2, -0.15) is 0 Å². The van der Waals surface area contributed by atoms with Crippen LogP contribution < -0.4 is 26.6 Å². The van der Waals surface area contributed by atoms with Gasteiger partial charge in [0.05, 0.1) is 30.1 Å². The summed E-state index contributed by atoms with van der Waals surface area (Å²) in [5, 5.41) is 17.0. The van der Waals surface area contributed by atoms with Gasteiger partial charge in [0.15, 0.2) is 5.78 Å². The highest BCUT2D eigenvalue weighted by molar-refractivity contribution is 6.19. The monoisotopic (exact) mass is 566 g/mol.